The first-order chi connectivity index (χ1) is 10.6. The molecule has 2 N–H and O–H groups in total. The van der Waals surface area contributed by atoms with Crippen molar-refractivity contribution in [3.63, 3.8) is 0 Å². The number of nitrogens with zero attached hydrogens (tertiary/aromatic N) is 1. The lowest BCUT2D eigenvalue weighted by Gasteiger charge is -2.18. The summed E-state index contributed by atoms with van der Waals surface area (Å²) in [7, 11) is 1.17. The Bertz CT molecular complexity index is 508. The van der Waals surface area contributed by atoms with Crippen LogP contribution in [0.15, 0.2) is 24.4 Å². The number of carbonyl (C=O) groups is 3. The van der Waals surface area contributed by atoms with Crippen molar-refractivity contribution < 1.29 is 28.6 Å². The molecule has 0 saturated heterocycles. The molecule has 0 aromatic carbocycles. The topological polar surface area (TPSA) is 116 Å². The zero-order valence-electron chi connectivity index (χ0n) is 12.2. The Morgan fingerprint density at radius 3 is 2.64 bits per heavy atom. The van der Waals surface area contributed by atoms with Gasteiger partial charge in [-0.05, 0) is 19.1 Å². The molecule has 0 spiro atoms. The third-order valence-corrected chi connectivity index (χ3v) is 2.30. The zero-order chi connectivity index (χ0) is 16.4. The van der Waals surface area contributed by atoms with E-state index in [4.69, 9.17) is 4.74 Å². The highest BCUT2D eigenvalue weighted by Crippen LogP contribution is 2.11. The summed E-state index contributed by atoms with van der Waals surface area (Å²) in [5.41, 5.74) is 0.291. The van der Waals surface area contributed by atoms with Crippen molar-refractivity contribution in [2.24, 2.45) is 0 Å². The predicted molar refractivity (Wildman–Crippen MR) is 73.6 cm³/mol. The summed E-state index contributed by atoms with van der Waals surface area (Å²) in [6.45, 7) is 1.50. The SMILES string of the molecule is CCOC(=O)CNC(=O)OC(NC(=O)OC)c1ccccn1. The summed E-state index contributed by atoms with van der Waals surface area (Å²) in [6, 6.07) is 4.88. The molecule has 2 amide bonds. The van der Waals surface area contributed by atoms with Crippen LogP contribution in [0.5, 0.6) is 0 Å². The molecule has 0 bridgehead atoms. The molecule has 0 aliphatic rings. The lowest BCUT2D eigenvalue weighted by Crippen LogP contribution is -2.37. The normalized spacial score (nSPS) is 11.0. The molecule has 1 atom stereocenters. The highest BCUT2D eigenvalue weighted by molar-refractivity contribution is 5.78. The first-order valence-electron chi connectivity index (χ1n) is 6.42. The number of aromatic nitrogens is 1. The average Bonchev–Trinajstić information content (AvgIpc) is 2.53. The number of hydrogen-bond acceptors (Lipinski definition) is 7. The number of hydrogen-bond donors (Lipinski definition) is 2. The number of pyridine rings is 1. The van der Waals surface area contributed by atoms with Gasteiger partial charge in [0, 0.05) is 6.20 Å². The maximum atomic E-state index is 11.6. The maximum Gasteiger partial charge on any atom is 0.410 e. The van der Waals surface area contributed by atoms with Crippen LogP contribution in [-0.2, 0) is 19.0 Å². The van der Waals surface area contributed by atoms with Gasteiger partial charge in [-0.2, -0.15) is 0 Å². The van der Waals surface area contributed by atoms with Gasteiger partial charge in [-0.25, -0.2) is 9.59 Å². The molecule has 120 valence electrons. The fourth-order valence-electron chi connectivity index (χ4n) is 1.37. The predicted octanol–water partition coefficient (Wildman–Crippen LogP) is 0.725. The first-order valence-corrected chi connectivity index (χ1v) is 6.42. The fourth-order valence-corrected chi connectivity index (χ4v) is 1.37. The van der Waals surface area contributed by atoms with Gasteiger partial charge in [0.1, 0.15) is 12.2 Å². The van der Waals surface area contributed by atoms with Crippen molar-refractivity contribution in [3.05, 3.63) is 30.1 Å². The molecule has 0 saturated carbocycles. The van der Waals surface area contributed by atoms with Gasteiger partial charge >= 0.3 is 18.2 Å². The minimum atomic E-state index is -1.16. The zero-order valence-corrected chi connectivity index (χ0v) is 12.2. The largest absolute Gasteiger partial charge is 0.465 e. The number of alkyl carbamates (subject to hydrolysis) is 2. The molecule has 9 nitrogen and oxygen atoms in total. The highest BCUT2D eigenvalue weighted by Gasteiger charge is 2.21. The van der Waals surface area contributed by atoms with Crippen LogP contribution in [0.2, 0.25) is 0 Å². The summed E-state index contributed by atoms with van der Waals surface area (Å²) in [5.74, 6) is -0.602. The van der Waals surface area contributed by atoms with Crippen molar-refractivity contribution >= 4 is 18.2 Å². The van der Waals surface area contributed by atoms with Crippen molar-refractivity contribution in [3.8, 4) is 0 Å². The number of ether oxygens (including phenoxy) is 3. The molecule has 1 aromatic rings. The molecule has 0 aliphatic heterocycles. The Kier molecular flexibility index (Phi) is 7.17. The molecule has 22 heavy (non-hydrogen) atoms. The number of nitrogens with one attached hydrogen (secondary N) is 2. The third kappa shape index (κ3) is 6.07. The van der Waals surface area contributed by atoms with E-state index in [9.17, 15) is 14.4 Å². The molecule has 1 aromatic heterocycles. The number of methoxy groups -OCH3 is 1. The smallest absolute Gasteiger partial charge is 0.410 e. The standard InChI is InChI=1S/C13H17N3O6/c1-3-21-10(17)8-15-12(18)22-11(16-13(19)20-2)9-6-4-5-7-14-9/h4-7,11H,3,8H2,1-2H3,(H,15,18)(H,16,19). The van der Waals surface area contributed by atoms with Crippen LogP contribution in [0.3, 0.4) is 0 Å². The van der Waals surface area contributed by atoms with Crippen LogP contribution in [0.1, 0.15) is 18.8 Å². The molecular formula is C13H17N3O6. The van der Waals surface area contributed by atoms with E-state index in [2.05, 4.69) is 25.1 Å². The Labute approximate surface area is 126 Å². The molecule has 1 unspecified atom stereocenters. The average molecular weight is 311 g/mol. The molecule has 9 heteroatoms. The summed E-state index contributed by atoms with van der Waals surface area (Å²) < 4.78 is 14.1. The van der Waals surface area contributed by atoms with E-state index < -0.39 is 24.4 Å². The van der Waals surface area contributed by atoms with E-state index >= 15 is 0 Å². The van der Waals surface area contributed by atoms with Gasteiger partial charge in [0.25, 0.3) is 0 Å². The van der Waals surface area contributed by atoms with Gasteiger partial charge < -0.3 is 19.5 Å². The minimum absolute atomic E-state index is 0.204. The lowest BCUT2D eigenvalue weighted by atomic mass is 10.3. The van der Waals surface area contributed by atoms with E-state index in [-0.39, 0.29) is 13.2 Å². The van der Waals surface area contributed by atoms with E-state index in [0.29, 0.717) is 5.69 Å². The van der Waals surface area contributed by atoms with E-state index in [0.717, 1.165) is 0 Å². The number of amides is 2. The van der Waals surface area contributed by atoms with Crippen LogP contribution in [-0.4, -0.2) is 43.4 Å². The Hall–Kier alpha value is -2.84. The van der Waals surface area contributed by atoms with E-state index in [1.54, 1.807) is 25.1 Å². The van der Waals surface area contributed by atoms with Crippen LogP contribution in [0, 0.1) is 0 Å². The van der Waals surface area contributed by atoms with E-state index in [1.807, 2.05) is 0 Å². The summed E-state index contributed by atoms with van der Waals surface area (Å²) >= 11 is 0. The molecular weight excluding hydrogens is 294 g/mol. The van der Waals surface area contributed by atoms with Crippen molar-refractivity contribution in [1.29, 1.82) is 0 Å². The summed E-state index contributed by atoms with van der Waals surface area (Å²) in [6.07, 6.45) is -1.40. The second-order valence-electron chi connectivity index (χ2n) is 3.83. The van der Waals surface area contributed by atoms with Gasteiger partial charge in [0.2, 0.25) is 6.23 Å². The number of esters is 1. The fraction of sp³-hybridized carbons (Fsp3) is 0.385. The molecule has 0 fully saturated rings. The van der Waals surface area contributed by atoms with E-state index in [1.165, 1.54) is 13.3 Å². The Morgan fingerprint density at radius 2 is 2.05 bits per heavy atom. The van der Waals surface area contributed by atoms with Gasteiger partial charge in [0.15, 0.2) is 0 Å². The minimum Gasteiger partial charge on any atom is -0.465 e. The van der Waals surface area contributed by atoms with Crippen molar-refractivity contribution in [2.45, 2.75) is 13.2 Å². The Balaban J connectivity index is 2.62. The van der Waals surface area contributed by atoms with Crippen LogP contribution < -0.4 is 10.6 Å². The lowest BCUT2D eigenvalue weighted by molar-refractivity contribution is -0.141. The highest BCUT2D eigenvalue weighted by atomic mass is 16.6. The quantitative estimate of drug-likeness (QED) is 0.452. The summed E-state index contributed by atoms with van der Waals surface area (Å²) in [4.78, 5) is 38.0. The van der Waals surface area contributed by atoms with Crippen LogP contribution in [0.25, 0.3) is 0 Å². The number of rotatable bonds is 6. The first kappa shape index (κ1) is 17.2. The Morgan fingerprint density at radius 1 is 1.27 bits per heavy atom. The monoisotopic (exact) mass is 311 g/mol. The van der Waals surface area contributed by atoms with Crippen LogP contribution >= 0.6 is 0 Å². The molecule has 1 heterocycles. The van der Waals surface area contributed by atoms with Gasteiger partial charge in [-0.1, -0.05) is 6.07 Å². The molecule has 0 radical (unpaired) electrons. The molecule has 1 rings (SSSR count). The third-order valence-electron chi connectivity index (χ3n) is 2.30. The second-order valence-corrected chi connectivity index (χ2v) is 3.83. The van der Waals surface area contributed by atoms with Gasteiger partial charge in [0.05, 0.1) is 13.7 Å². The van der Waals surface area contributed by atoms with Crippen LogP contribution in [0.4, 0.5) is 9.59 Å². The number of carbonyl (C=O) groups excluding carboxylic acids is 3. The second kappa shape index (κ2) is 9.16. The summed E-state index contributed by atoms with van der Waals surface area (Å²) in [5, 5.41) is 4.51. The van der Waals surface area contributed by atoms with Crippen molar-refractivity contribution in [1.82, 2.24) is 15.6 Å². The van der Waals surface area contributed by atoms with Crippen molar-refractivity contribution in [2.75, 3.05) is 20.3 Å². The van der Waals surface area contributed by atoms with Gasteiger partial charge in [-0.3, -0.25) is 15.1 Å². The molecule has 0 aliphatic carbocycles. The van der Waals surface area contributed by atoms with Gasteiger partial charge in [-0.15, -0.1) is 0 Å². The maximum absolute atomic E-state index is 11.6.